The van der Waals surface area contributed by atoms with E-state index in [1.54, 1.807) is 4.90 Å². The van der Waals surface area contributed by atoms with E-state index < -0.39 is 19.0 Å². The summed E-state index contributed by atoms with van der Waals surface area (Å²) < 4.78 is 37.4. The molecule has 0 aliphatic carbocycles. The summed E-state index contributed by atoms with van der Waals surface area (Å²) in [7, 11) is 0. The number of piperidine rings is 1. The molecule has 0 radical (unpaired) electrons. The van der Waals surface area contributed by atoms with Crippen LogP contribution in [0.15, 0.2) is 24.3 Å². The lowest BCUT2D eigenvalue weighted by molar-refractivity contribution is -0.151. The van der Waals surface area contributed by atoms with Crippen molar-refractivity contribution in [2.75, 3.05) is 18.4 Å². The number of fused-ring (bicyclic) bond motifs is 2. The number of alkyl halides is 3. The van der Waals surface area contributed by atoms with Crippen molar-refractivity contribution in [2.45, 2.75) is 62.7 Å². The standard InChI is InChI=1S/C21H26F3N3O2/c22-21(23,24)8-7-19(28)27-17-5-6-18(27)10-14(9-17)13-1-3-16(4-2-13)26-20(29)15-11-25-12-15/h1-4,14-15,17-18,25H,5-12H2,(H,26,29). The van der Waals surface area contributed by atoms with Gasteiger partial charge < -0.3 is 15.5 Å². The molecule has 3 saturated heterocycles. The smallest absolute Gasteiger partial charge is 0.337 e. The van der Waals surface area contributed by atoms with Crippen molar-refractivity contribution in [2.24, 2.45) is 5.92 Å². The normalized spacial score (nSPS) is 26.9. The molecule has 0 aromatic heterocycles. The molecule has 2 N–H and O–H groups in total. The second kappa shape index (κ2) is 7.97. The van der Waals surface area contributed by atoms with Crippen LogP contribution in [-0.2, 0) is 9.59 Å². The van der Waals surface area contributed by atoms with Gasteiger partial charge in [-0.3, -0.25) is 9.59 Å². The third kappa shape index (κ3) is 4.57. The van der Waals surface area contributed by atoms with E-state index in [4.69, 9.17) is 0 Å². The third-order valence-electron chi connectivity index (χ3n) is 6.45. The van der Waals surface area contributed by atoms with Gasteiger partial charge in [-0.25, -0.2) is 0 Å². The number of amides is 2. The van der Waals surface area contributed by atoms with Gasteiger partial charge in [0.05, 0.1) is 12.3 Å². The summed E-state index contributed by atoms with van der Waals surface area (Å²) in [6, 6.07) is 7.90. The van der Waals surface area contributed by atoms with Crippen molar-refractivity contribution in [3.8, 4) is 0 Å². The number of hydrogen-bond donors (Lipinski definition) is 2. The summed E-state index contributed by atoms with van der Waals surface area (Å²) in [5, 5.41) is 6.00. The minimum atomic E-state index is -4.29. The van der Waals surface area contributed by atoms with Gasteiger partial charge in [-0.2, -0.15) is 13.2 Å². The summed E-state index contributed by atoms with van der Waals surface area (Å²) in [5.74, 6) is -0.0127. The number of hydrogen-bond acceptors (Lipinski definition) is 3. The van der Waals surface area contributed by atoms with Gasteiger partial charge in [-0.05, 0) is 49.3 Å². The summed E-state index contributed by atoms with van der Waals surface area (Å²) in [4.78, 5) is 26.1. The van der Waals surface area contributed by atoms with Crippen molar-refractivity contribution in [1.29, 1.82) is 0 Å². The van der Waals surface area contributed by atoms with Gasteiger partial charge >= 0.3 is 6.18 Å². The van der Waals surface area contributed by atoms with Gasteiger partial charge in [0, 0.05) is 37.3 Å². The van der Waals surface area contributed by atoms with E-state index in [0.29, 0.717) is 19.0 Å². The number of halogens is 3. The molecule has 29 heavy (non-hydrogen) atoms. The zero-order valence-corrected chi connectivity index (χ0v) is 16.2. The van der Waals surface area contributed by atoms with Gasteiger partial charge in [0.15, 0.2) is 0 Å². The maximum Gasteiger partial charge on any atom is 0.389 e. The lowest BCUT2D eigenvalue weighted by Gasteiger charge is -2.39. The molecule has 2 unspecified atom stereocenters. The predicted octanol–water partition coefficient (Wildman–Crippen LogP) is 3.42. The number of nitrogens with one attached hydrogen (secondary N) is 2. The van der Waals surface area contributed by atoms with Crippen LogP contribution < -0.4 is 10.6 Å². The molecule has 8 heteroatoms. The topological polar surface area (TPSA) is 61.4 Å². The molecule has 4 rings (SSSR count). The zero-order valence-electron chi connectivity index (χ0n) is 16.2. The first-order valence-corrected chi connectivity index (χ1v) is 10.3. The van der Waals surface area contributed by atoms with Crippen molar-refractivity contribution >= 4 is 17.5 Å². The van der Waals surface area contributed by atoms with Crippen molar-refractivity contribution in [1.82, 2.24) is 10.2 Å². The average Bonchev–Trinajstić information content (AvgIpc) is 2.88. The molecule has 3 heterocycles. The number of anilines is 1. The minimum absolute atomic E-state index is 0.0280. The van der Waals surface area contributed by atoms with Crippen LogP contribution >= 0.6 is 0 Å². The fraction of sp³-hybridized carbons (Fsp3) is 0.619. The van der Waals surface area contributed by atoms with Crippen molar-refractivity contribution in [3.05, 3.63) is 29.8 Å². The first kappa shape index (κ1) is 20.2. The number of carbonyl (C=O) groups excluding carboxylic acids is 2. The molecule has 3 aliphatic rings. The Balaban J connectivity index is 1.34. The van der Waals surface area contributed by atoms with Crippen LogP contribution in [0.4, 0.5) is 18.9 Å². The van der Waals surface area contributed by atoms with Crippen LogP contribution in [0.25, 0.3) is 0 Å². The lowest BCUT2D eigenvalue weighted by atomic mass is 9.84. The van der Waals surface area contributed by atoms with Crippen molar-refractivity contribution in [3.63, 3.8) is 0 Å². The van der Waals surface area contributed by atoms with Gasteiger partial charge in [0.2, 0.25) is 11.8 Å². The number of nitrogens with zero attached hydrogens (tertiary/aromatic N) is 1. The summed E-state index contributed by atoms with van der Waals surface area (Å²) in [6.45, 7) is 1.43. The number of rotatable bonds is 5. The third-order valence-corrected chi connectivity index (χ3v) is 6.45. The molecular formula is C21H26F3N3O2. The fourth-order valence-corrected chi connectivity index (χ4v) is 4.79. The molecule has 1 aromatic rings. The predicted molar refractivity (Wildman–Crippen MR) is 102 cm³/mol. The minimum Gasteiger partial charge on any atom is -0.337 e. The van der Waals surface area contributed by atoms with Gasteiger partial charge in [-0.1, -0.05) is 12.1 Å². The van der Waals surface area contributed by atoms with E-state index in [9.17, 15) is 22.8 Å². The molecule has 2 amide bonds. The van der Waals surface area contributed by atoms with E-state index in [1.807, 2.05) is 24.3 Å². The van der Waals surface area contributed by atoms with E-state index >= 15 is 0 Å². The zero-order chi connectivity index (χ0) is 20.6. The highest BCUT2D eigenvalue weighted by molar-refractivity contribution is 5.93. The first-order valence-electron chi connectivity index (χ1n) is 10.3. The molecule has 3 aliphatic heterocycles. The number of benzene rings is 1. The second-order valence-corrected chi connectivity index (χ2v) is 8.44. The molecule has 1 aromatic carbocycles. The maximum absolute atomic E-state index is 12.5. The Hall–Kier alpha value is -2.09. The Labute approximate surface area is 168 Å². The van der Waals surface area contributed by atoms with Gasteiger partial charge in [0.1, 0.15) is 0 Å². The van der Waals surface area contributed by atoms with Gasteiger partial charge in [-0.15, -0.1) is 0 Å². The first-order chi connectivity index (χ1) is 13.8. The van der Waals surface area contributed by atoms with Crippen LogP contribution in [0.3, 0.4) is 0 Å². The molecular weight excluding hydrogens is 383 g/mol. The maximum atomic E-state index is 12.5. The highest BCUT2D eigenvalue weighted by Gasteiger charge is 2.44. The summed E-state index contributed by atoms with van der Waals surface area (Å²) in [5.41, 5.74) is 1.93. The molecule has 5 nitrogen and oxygen atoms in total. The van der Waals surface area contributed by atoms with Crippen LogP contribution in [0.2, 0.25) is 0 Å². The fourth-order valence-electron chi connectivity index (χ4n) is 4.79. The molecule has 3 fully saturated rings. The van der Waals surface area contributed by atoms with Crippen molar-refractivity contribution < 1.29 is 22.8 Å². The highest BCUT2D eigenvalue weighted by atomic mass is 19.4. The Bertz CT molecular complexity index is 747. The summed E-state index contributed by atoms with van der Waals surface area (Å²) >= 11 is 0. The van der Waals surface area contributed by atoms with E-state index in [2.05, 4.69) is 10.6 Å². The largest absolute Gasteiger partial charge is 0.389 e. The highest BCUT2D eigenvalue weighted by Crippen LogP contribution is 2.43. The Morgan fingerprint density at radius 1 is 1.07 bits per heavy atom. The molecule has 2 bridgehead atoms. The molecule has 158 valence electrons. The second-order valence-electron chi connectivity index (χ2n) is 8.44. The number of carbonyl (C=O) groups is 2. The van der Waals surface area contributed by atoms with E-state index in [0.717, 1.165) is 36.9 Å². The summed E-state index contributed by atoms with van der Waals surface area (Å²) in [6.07, 6.45) is -2.49. The van der Waals surface area contributed by atoms with E-state index in [-0.39, 0.29) is 29.8 Å². The monoisotopic (exact) mass is 409 g/mol. The van der Waals surface area contributed by atoms with E-state index in [1.165, 1.54) is 0 Å². The molecule has 0 saturated carbocycles. The SMILES string of the molecule is O=C(Nc1ccc(C2CC3CCC(C2)N3C(=O)CCC(F)(F)F)cc1)C1CNC1. The van der Waals surface area contributed by atoms with Crippen LogP contribution in [0.5, 0.6) is 0 Å². The van der Waals surface area contributed by atoms with Crippen LogP contribution in [-0.4, -0.2) is 48.1 Å². The molecule has 2 atom stereocenters. The average molecular weight is 409 g/mol. The Morgan fingerprint density at radius 3 is 2.21 bits per heavy atom. The van der Waals surface area contributed by atoms with Crippen LogP contribution in [0, 0.1) is 5.92 Å². The Morgan fingerprint density at radius 2 is 1.69 bits per heavy atom. The Kier molecular flexibility index (Phi) is 5.55. The quantitative estimate of drug-likeness (QED) is 0.783. The lowest BCUT2D eigenvalue weighted by Crippen LogP contribution is -2.48. The molecule has 0 spiro atoms. The van der Waals surface area contributed by atoms with Gasteiger partial charge in [0.25, 0.3) is 0 Å². The van der Waals surface area contributed by atoms with Crippen LogP contribution in [0.1, 0.15) is 50.0 Å².